The second-order valence-electron chi connectivity index (χ2n) is 3.33. The Morgan fingerprint density at radius 1 is 1.46 bits per heavy atom. The largest absolute Gasteiger partial charge is 0.335 e. The normalized spacial score (nSPS) is 38.1. The molecule has 1 N–H and O–H groups in total. The third-order valence-corrected chi connectivity index (χ3v) is 3.70. The Balaban J connectivity index is 2.01. The van der Waals surface area contributed by atoms with Crippen LogP contribution in [0.25, 0.3) is 0 Å². The van der Waals surface area contributed by atoms with Crippen molar-refractivity contribution in [2.45, 2.75) is 6.04 Å². The van der Waals surface area contributed by atoms with Crippen molar-refractivity contribution in [1.29, 1.82) is 0 Å². The van der Waals surface area contributed by atoms with Crippen molar-refractivity contribution in [3.63, 3.8) is 0 Å². The van der Waals surface area contributed by atoms with Gasteiger partial charge in [-0.3, -0.25) is 4.55 Å². The van der Waals surface area contributed by atoms with Crippen LogP contribution in [0.3, 0.4) is 0 Å². The van der Waals surface area contributed by atoms with Crippen LogP contribution in [0.2, 0.25) is 0 Å². The molecular weight excluding hydrogens is 212 g/mol. The predicted molar refractivity (Wildman–Crippen MR) is 48.9 cm³/mol. The van der Waals surface area contributed by atoms with E-state index in [0.717, 1.165) is 4.31 Å². The van der Waals surface area contributed by atoms with Crippen LogP contribution in [0.5, 0.6) is 0 Å². The van der Waals surface area contributed by atoms with Gasteiger partial charge in [-0.1, -0.05) is 0 Å². The summed E-state index contributed by atoms with van der Waals surface area (Å²) in [6.45, 7) is 0.712. The van der Waals surface area contributed by atoms with E-state index in [0.29, 0.717) is 13.1 Å². The monoisotopic (exact) mass is 220 g/mol. The minimum atomic E-state index is -4.00. The van der Waals surface area contributed by atoms with E-state index in [2.05, 4.69) is 22.4 Å². The van der Waals surface area contributed by atoms with E-state index in [-0.39, 0.29) is 17.9 Å². The maximum Gasteiger partial charge on any atom is 0.335 e. The number of piperidine rings is 1. The third-order valence-electron chi connectivity index (χ3n) is 2.64. The highest BCUT2D eigenvalue weighted by Crippen LogP contribution is 2.48. The first-order valence-corrected chi connectivity index (χ1v) is 5.64. The lowest BCUT2D eigenvalue weighted by Gasteiger charge is -2.13. The standard InChI is InChI=1S/C6H8N2O3S2/c9-13(10,11)8-1-4-5(2-8)6(4)7-3-12/h4-6H,1-2H2,(H,9,10,11). The molecule has 0 bridgehead atoms. The van der Waals surface area contributed by atoms with Crippen molar-refractivity contribution in [3.05, 3.63) is 0 Å². The molecule has 1 saturated carbocycles. The SMILES string of the molecule is O=S(=O)(O)N1CC2C(C1)C2N=C=S. The van der Waals surface area contributed by atoms with Crippen molar-refractivity contribution in [2.75, 3.05) is 13.1 Å². The predicted octanol–water partition coefficient (Wildman–Crippen LogP) is -0.178. The fourth-order valence-corrected chi connectivity index (χ4v) is 2.74. The molecule has 1 aliphatic carbocycles. The van der Waals surface area contributed by atoms with Gasteiger partial charge < -0.3 is 0 Å². The Bertz CT molecular complexity index is 361. The van der Waals surface area contributed by atoms with Crippen molar-refractivity contribution in [2.24, 2.45) is 16.8 Å². The molecule has 2 unspecified atom stereocenters. The van der Waals surface area contributed by atoms with Gasteiger partial charge in [0.05, 0.1) is 11.2 Å². The number of nitrogens with zero attached hydrogens (tertiary/aromatic N) is 2. The molecule has 13 heavy (non-hydrogen) atoms. The number of hydrogen-bond acceptors (Lipinski definition) is 4. The second-order valence-corrected chi connectivity index (χ2v) is 4.93. The highest BCUT2D eigenvalue weighted by molar-refractivity contribution is 7.83. The molecule has 2 rings (SSSR count). The summed E-state index contributed by atoms with van der Waals surface area (Å²) in [5, 5.41) is 2.29. The lowest BCUT2D eigenvalue weighted by molar-refractivity contribution is 0.366. The van der Waals surface area contributed by atoms with Gasteiger partial charge in [0, 0.05) is 24.9 Å². The Morgan fingerprint density at radius 2 is 2.00 bits per heavy atom. The summed E-state index contributed by atoms with van der Waals surface area (Å²) < 4.78 is 31.1. The van der Waals surface area contributed by atoms with Gasteiger partial charge in [-0.15, -0.1) is 0 Å². The zero-order valence-electron chi connectivity index (χ0n) is 6.62. The second kappa shape index (κ2) is 2.83. The topological polar surface area (TPSA) is 70.0 Å². The number of aliphatic imine (C=N–C) groups is 1. The Kier molecular flexibility index (Phi) is 2.01. The van der Waals surface area contributed by atoms with Gasteiger partial charge in [0.1, 0.15) is 0 Å². The van der Waals surface area contributed by atoms with Gasteiger partial charge in [0.2, 0.25) is 0 Å². The van der Waals surface area contributed by atoms with Crippen LogP contribution in [0.15, 0.2) is 4.99 Å². The molecule has 7 heteroatoms. The molecule has 2 fully saturated rings. The quantitative estimate of drug-likeness (QED) is 0.398. The molecule has 5 nitrogen and oxygen atoms in total. The zero-order valence-corrected chi connectivity index (χ0v) is 8.25. The summed E-state index contributed by atoms with van der Waals surface area (Å²) in [7, 11) is -4.00. The maximum absolute atomic E-state index is 10.7. The number of isothiocyanates is 1. The summed E-state index contributed by atoms with van der Waals surface area (Å²) in [5.41, 5.74) is 0. The number of fused-ring (bicyclic) bond motifs is 1. The molecule has 1 aliphatic heterocycles. The zero-order chi connectivity index (χ0) is 9.64. The van der Waals surface area contributed by atoms with Crippen LogP contribution in [0.1, 0.15) is 0 Å². The molecule has 0 spiro atoms. The molecule has 2 aliphatic rings. The summed E-state index contributed by atoms with van der Waals surface area (Å²) in [4.78, 5) is 3.90. The average Bonchev–Trinajstić information content (AvgIpc) is 2.50. The molecule has 1 heterocycles. The Labute approximate surface area is 81.3 Å². The van der Waals surface area contributed by atoms with Crippen molar-refractivity contribution < 1.29 is 13.0 Å². The first kappa shape index (κ1) is 9.23. The van der Waals surface area contributed by atoms with Crippen molar-refractivity contribution in [3.8, 4) is 0 Å². The maximum atomic E-state index is 10.7. The molecule has 2 atom stereocenters. The fraction of sp³-hybridized carbons (Fsp3) is 0.833. The fourth-order valence-electron chi connectivity index (χ4n) is 1.90. The van der Waals surface area contributed by atoms with Gasteiger partial charge in [-0.05, 0) is 12.2 Å². The molecule has 72 valence electrons. The first-order valence-electron chi connectivity index (χ1n) is 3.83. The van der Waals surface area contributed by atoms with E-state index in [1.165, 1.54) is 0 Å². The average molecular weight is 220 g/mol. The van der Waals surface area contributed by atoms with E-state index < -0.39 is 10.3 Å². The molecule has 0 aromatic carbocycles. The van der Waals surface area contributed by atoms with Crippen LogP contribution in [0, 0.1) is 11.8 Å². The van der Waals surface area contributed by atoms with E-state index in [4.69, 9.17) is 4.55 Å². The molecule has 0 amide bonds. The highest BCUT2D eigenvalue weighted by Gasteiger charge is 2.58. The molecule has 0 aromatic heterocycles. The minimum absolute atomic E-state index is 0.135. The third kappa shape index (κ3) is 1.53. The number of thiocarbonyl (C=S) groups is 1. The van der Waals surface area contributed by atoms with E-state index in [9.17, 15) is 8.42 Å². The van der Waals surface area contributed by atoms with Crippen LogP contribution in [0.4, 0.5) is 0 Å². The number of rotatable bonds is 2. The first-order chi connectivity index (χ1) is 6.04. The van der Waals surface area contributed by atoms with Crippen molar-refractivity contribution in [1.82, 2.24) is 4.31 Å². The van der Waals surface area contributed by atoms with Gasteiger partial charge in [0.15, 0.2) is 0 Å². The highest BCUT2D eigenvalue weighted by atomic mass is 32.2. The van der Waals surface area contributed by atoms with Gasteiger partial charge in [-0.2, -0.15) is 12.7 Å². The van der Waals surface area contributed by atoms with E-state index >= 15 is 0 Å². The number of hydrogen-bond donors (Lipinski definition) is 1. The molecule has 0 radical (unpaired) electrons. The van der Waals surface area contributed by atoms with E-state index in [1.54, 1.807) is 0 Å². The summed E-state index contributed by atoms with van der Waals surface area (Å²) in [6, 6.07) is 0.135. The molecule has 0 aromatic rings. The van der Waals surface area contributed by atoms with Gasteiger partial charge in [0.25, 0.3) is 0 Å². The Morgan fingerprint density at radius 3 is 2.38 bits per heavy atom. The van der Waals surface area contributed by atoms with Gasteiger partial charge in [-0.25, -0.2) is 4.99 Å². The summed E-state index contributed by atoms with van der Waals surface area (Å²) in [5.74, 6) is 0.467. The van der Waals surface area contributed by atoms with E-state index in [1.807, 2.05) is 0 Å². The molecular formula is C6H8N2O3S2. The minimum Gasteiger partial charge on any atom is -0.273 e. The smallest absolute Gasteiger partial charge is 0.273 e. The molecule has 1 saturated heterocycles. The van der Waals surface area contributed by atoms with Crippen molar-refractivity contribution >= 4 is 27.7 Å². The van der Waals surface area contributed by atoms with Crippen LogP contribution < -0.4 is 0 Å². The van der Waals surface area contributed by atoms with Crippen LogP contribution in [-0.4, -0.2) is 41.6 Å². The van der Waals surface area contributed by atoms with Crippen LogP contribution >= 0.6 is 12.2 Å². The Hall–Kier alpha value is -0.330. The lowest BCUT2D eigenvalue weighted by Crippen LogP contribution is -2.31. The summed E-state index contributed by atoms with van der Waals surface area (Å²) >= 11 is 4.45. The van der Waals surface area contributed by atoms with Crippen LogP contribution in [-0.2, 0) is 10.3 Å². The summed E-state index contributed by atoms with van der Waals surface area (Å²) in [6.07, 6.45) is 0. The lowest BCUT2D eigenvalue weighted by atomic mass is 10.4. The van der Waals surface area contributed by atoms with Gasteiger partial charge >= 0.3 is 10.3 Å².